The van der Waals surface area contributed by atoms with Gasteiger partial charge in [0.1, 0.15) is 5.56 Å². The Labute approximate surface area is 183 Å². The van der Waals surface area contributed by atoms with Gasteiger partial charge in [-0.25, -0.2) is 0 Å². The Kier molecular flexibility index (Phi) is 6.37. The second-order valence-corrected chi connectivity index (χ2v) is 9.32. The number of nitrogens with zero attached hydrogens (tertiary/aromatic N) is 1. The molecule has 1 aromatic heterocycles. The maximum Gasteiger partial charge on any atom is 0.261 e. The Hall–Kier alpha value is -2.73. The van der Waals surface area contributed by atoms with Gasteiger partial charge in [0.15, 0.2) is 5.78 Å². The van der Waals surface area contributed by atoms with Crippen LogP contribution in [0.5, 0.6) is 0 Å². The number of H-pyrrole nitrogens is 1. The van der Waals surface area contributed by atoms with Crippen molar-refractivity contribution in [3.63, 3.8) is 0 Å². The molecule has 2 atom stereocenters. The summed E-state index contributed by atoms with van der Waals surface area (Å²) in [6, 6.07) is 9.71. The van der Waals surface area contributed by atoms with Gasteiger partial charge in [0.25, 0.3) is 11.5 Å². The summed E-state index contributed by atoms with van der Waals surface area (Å²) in [5.41, 5.74) is 2.92. The van der Waals surface area contributed by atoms with Crippen LogP contribution in [0.15, 0.2) is 35.1 Å². The number of hydrogen-bond donors (Lipinski definition) is 2. The summed E-state index contributed by atoms with van der Waals surface area (Å²) in [5, 5.41) is 2.81. The van der Waals surface area contributed by atoms with E-state index < -0.39 is 11.5 Å². The molecular formula is C25H31N3O3. The number of amides is 1. The lowest BCUT2D eigenvalue weighted by Crippen LogP contribution is -2.38. The van der Waals surface area contributed by atoms with E-state index in [0.29, 0.717) is 30.6 Å². The Balaban J connectivity index is 1.36. The summed E-state index contributed by atoms with van der Waals surface area (Å²) in [4.78, 5) is 42.2. The predicted octanol–water partition coefficient (Wildman–Crippen LogP) is 3.30. The minimum absolute atomic E-state index is 0.000965. The molecule has 2 N–H and O–H groups in total. The largest absolute Gasteiger partial charge is 0.348 e. The van der Waals surface area contributed by atoms with Gasteiger partial charge < -0.3 is 10.3 Å². The smallest absolute Gasteiger partial charge is 0.261 e. The molecule has 1 amide bonds. The first-order chi connectivity index (χ1) is 14.9. The summed E-state index contributed by atoms with van der Waals surface area (Å²) in [7, 11) is 0. The summed E-state index contributed by atoms with van der Waals surface area (Å²) in [5.74, 6) is 1.00. The molecule has 1 aliphatic carbocycles. The molecule has 0 spiro atoms. The van der Waals surface area contributed by atoms with E-state index in [9.17, 15) is 14.4 Å². The third-order valence-corrected chi connectivity index (χ3v) is 6.33. The number of hydrogen-bond acceptors (Lipinski definition) is 4. The van der Waals surface area contributed by atoms with Gasteiger partial charge in [0, 0.05) is 43.9 Å². The molecule has 4 rings (SSSR count). The van der Waals surface area contributed by atoms with Gasteiger partial charge in [0.2, 0.25) is 0 Å². The minimum atomic E-state index is -0.456. The van der Waals surface area contributed by atoms with Crippen LogP contribution in [0.1, 0.15) is 70.6 Å². The van der Waals surface area contributed by atoms with Crippen molar-refractivity contribution in [2.45, 2.75) is 52.6 Å². The topological polar surface area (TPSA) is 82.3 Å². The van der Waals surface area contributed by atoms with E-state index in [1.807, 2.05) is 12.1 Å². The third kappa shape index (κ3) is 5.13. The van der Waals surface area contributed by atoms with E-state index in [0.717, 1.165) is 43.5 Å². The molecule has 1 fully saturated rings. The third-order valence-electron chi connectivity index (χ3n) is 6.33. The molecule has 0 saturated carbocycles. The molecule has 2 unspecified atom stereocenters. The Morgan fingerprint density at radius 2 is 1.74 bits per heavy atom. The number of benzene rings is 1. The Morgan fingerprint density at radius 1 is 1.06 bits per heavy atom. The summed E-state index contributed by atoms with van der Waals surface area (Å²) in [6.07, 6.45) is 3.16. The maximum atomic E-state index is 12.6. The maximum absolute atomic E-state index is 12.6. The molecule has 1 aromatic carbocycles. The Morgan fingerprint density at radius 3 is 2.45 bits per heavy atom. The van der Waals surface area contributed by atoms with Crippen LogP contribution < -0.4 is 10.9 Å². The number of carbonyl (C=O) groups is 2. The van der Waals surface area contributed by atoms with E-state index >= 15 is 0 Å². The molecular weight excluding hydrogens is 390 g/mol. The number of rotatable bonds is 5. The molecule has 6 heteroatoms. The highest BCUT2D eigenvalue weighted by Crippen LogP contribution is 2.22. The second-order valence-electron chi connectivity index (χ2n) is 9.32. The summed E-state index contributed by atoms with van der Waals surface area (Å²) >= 11 is 0. The van der Waals surface area contributed by atoms with Crippen molar-refractivity contribution >= 4 is 11.7 Å². The highest BCUT2D eigenvalue weighted by molar-refractivity contribution is 6.01. The molecule has 31 heavy (non-hydrogen) atoms. The van der Waals surface area contributed by atoms with Gasteiger partial charge in [-0.05, 0) is 48.3 Å². The molecule has 1 aliphatic heterocycles. The lowest BCUT2D eigenvalue weighted by molar-refractivity contribution is 0.0949. The van der Waals surface area contributed by atoms with Gasteiger partial charge in [-0.3, -0.25) is 19.3 Å². The molecule has 2 aromatic rings. The molecule has 0 radical (unpaired) electrons. The number of ketones is 1. The van der Waals surface area contributed by atoms with Crippen LogP contribution in [-0.4, -0.2) is 34.7 Å². The minimum Gasteiger partial charge on any atom is -0.348 e. The van der Waals surface area contributed by atoms with Crippen LogP contribution in [0.25, 0.3) is 0 Å². The first-order valence-electron chi connectivity index (χ1n) is 11.3. The first kappa shape index (κ1) is 21.5. The van der Waals surface area contributed by atoms with E-state index in [-0.39, 0.29) is 11.3 Å². The fourth-order valence-electron chi connectivity index (χ4n) is 4.96. The number of fused-ring (bicyclic) bond motifs is 1. The molecule has 1 saturated heterocycles. The number of nitrogens with one attached hydrogen (secondary N) is 2. The zero-order chi connectivity index (χ0) is 22.0. The number of piperidine rings is 1. The van der Waals surface area contributed by atoms with Crippen molar-refractivity contribution in [2.24, 2.45) is 11.8 Å². The predicted molar refractivity (Wildman–Crippen MR) is 120 cm³/mol. The normalized spacial score (nSPS) is 21.5. The standard InChI is InChI=1S/C25H31N3O3/c1-16-10-17(2)14-28(13-16)15-19-8-6-18(7-9-19)12-26-24(30)21-11-20-22(27-25(21)31)4-3-5-23(20)29/h6-9,11,16-17H,3-5,10,12-15H2,1-2H3,(H,26,30)(H,27,31). The zero-order valence-corrected chi connectivity index (χ0v) is 18.4. The second kappa shape index (κ2) is 9.18. The van der Waals surface area contributed by atoms with Gasteiger partial charge in [-0.15, -0.1) is 0 Å². The number of aryl methyl sites for hydroxylation is 1. The van der Waals surface area contributed by atoms with Gasteiger partial charge in [-0.1, -0.05) is 38.1 Å². The van der Waals surface area contributed by atoms with Crippen molar-refractivity contribution in [3.8, 4) is 0 Å². The van der Waals surface area contributed by atoms with E-state index in [2.05, 4.69) is 41.2 Å². The van der Waals surface area contributed by atoms with Gasteiger partial charge in [0.05, 0.1) is 0 Å². The highest BCUT2D eigenvalue weighted by atomic mass is 16.2. The van der Waals surface area contributed by atoms with Gasteiger partial charge >= 0.3 is 0 Å². The van der Waals surface area contributed by atoms with Crippen LogP contribution >= 0.6 is 0 Å². The first-order valence-corrected chi connectivity index (χ1v) is 11.3. The fraction of sp³-hybridized carbons (Fsp3) is 0.480. The van der Waals surface area contributed by atoms with Crippen LogP contribution in [0.4, 0.5) is 0 Å². The van der Waals surface area contributed by atoms with Crippen LogP contribution in [0, 0.1) is 11.8 Å². The molecule has 6 nitrogen and oxygen atoms in total. The van der Waals surface area contributed by atoms with Crippen LogP contribution in [0.2, 0.25) is 0 Å². The van der Waals surface area contributed by atoms with Crippen molar-refractivity contribution in [3.05, 3.63) is 68.6 Å². The number of likely N-dealkylation sites (tertiary alicyclic amines) is 1. The number of Topliss-reactive ketones (excluding diaryl/α,β-unsaturated/α-hetero) is 1. The SMILES string of the molecule is CC1CC(C)CN(Cc2ccc(CNC(=O)c3cc4c([nH]c3=O)CCCC4=O)cc2)C1. The quantitative estimate of drug-likeness (QED) is 0.776. The van der Waals surface area contributed by atoms with Gasteiger partial charge in [-0.2, -0.15) is 0 Å². The lowest BCUT2D eigenvalue weighted by Gasteiger charge is -2.35. The number of pyridine rings is 1. The summed E-state index contributed by atoms with van der Waals surface area (Å²) < 4.78 is 0. The van der Waals surface area contributed by atoms with Crippen molar-refractivity contribution in [2.75, 3.05) is 13.1 Å². The number of aromatic nitrogens is 1. The van der Waals surface area contributed by atoms with Crippen LogP contribution in [0.3, 0.4) is 0 Å². The molecule has 2 heterocycles. The van der Waals surface area contributed by atoms with Crippen molar-refractivity contribution in [1.29, 1.82) is 0 Å². The highest BCUT2D eigenvalue weighted by Gasteiger charge is 2.23. The van der Waals surface area contributed by atoms with Crippen LogP contribution in [-0.2, 0) is 19.5 Å². The Bertz CT molecular complexity index is 1020. The van der Waals surface area contributed by atoms with E-state index in [4.69, 9.17) is 0 Å². The van der Waals surface area contributed by atoms with Crippen molar-refractivity contribution in [1.82, 2.24) is 15.2 Å². The lowest BCUT2D eigenvalue weighted by atomic mass is 9.91. The molecule has 2 aliphatic rings. The van der Waals surface area contributed by atoms with E-state index in [1.54, 1.807) is 0 Å². The molecule has 0 bridgehead atoms. The average molecular weight is 422 g/mol. The van der Waals surface area contributed by atoms with Crippen molar-refractivity contribution < 1.29 is 9.59 Å². The number of carbonyl (C=O) groups excluding carboxylic acids is 2. The van der Waals surface area contributed by atoms with E-state index in [1.165, 1.54) is 18.1 Å². The summed E-state index contributed by atoms with van der Waals surface area (Å²) in [6.45, 7) is 8.19. The zero-order valence-electron chi connectivity index (χ0n) is 18.4. The molecule has 164 valence electrons. The average Bonchev–Trinajstić information content (AvgIpc) is 2.72. The fourth-order valence-corrected chi connectivity index (χ4v) is 4.96. The number of aromatic amines is 1. The monoisotopic (exact) mass is 421 g/mol.